The number of nitrogens with one attached hydrogen (secondary N) is 2. The molecule has 0 aliphatic heterocycles. The largest absolute Gasteiger partial charge is 0.508 e. The standard InChI is InChI=1S/C19H22N2O4S/c1-19(2,13-25-16-6-4-3-5-7-16)26-12-17(23)20-21-18(24)14-8-10-15(22)11-9-14/h3-11,22H,12-13H2,1-2H3,(H,20,23)(H,21,24). The van der Waals surface area contributed by atoms with E-state index in [1.54, 1.807) is 0 Å². The Morgan fingerprint density at radius 3 is 2.35 bits per heavy atom. The smallest absolute Gasteiger partial charge is 0.269 e. The second-order valence-electron chi connectivity index (χ2n) is 6.20. The number of hydrazine groups is 1. The molecule has 2 rings (SSSR count). The number of hydrogen-bond acceptors (Lipinski definition) is 5. The summed E-state index contributed by atoms with van der Waals surface area (Å²) in [5, 5.41) is 9.20. The number of hydrogen-bond donors (Lipinski definition) is 3. The molecule has 0 fully saturated rings. The predicted molar refractivity (Wildman–Crippen MR) is 102 cm³/mol. The zero-order valence-corrected chi connectivity index (χ0v) is 15.5. The Morgan fingerprint density at radius 2 is 1.69 bits per heavy atom. The van der Waals surface area contributed by atoms with Crippen LogP contribution in [0.15, 0.2) is 54.6 Å². The van der Waals surface area contributed by atoms with Crippen molar-refractivity contribution >= 4 is 23.6 Å². The number of aromatic hydroxyl groups is 1. The minimum absolute atomic E-state index is 0.0712. The Balaban J connectivity index is 1.71. The lowest BCUT2D eigenvalue weighted by atomic mass is 10.2. The molecule has 0 heterocycles. The lowest BCUT2D eigenvalue weighted by Crippen LogP contribution is -2.43. The third-order valence-corrected chi connectivity index (χ3v) is 4.67. The molecule has 0 spiro atoms. The Morgan fingerprint density at radius 1 is 1.04 bits per heavy atom. The Kier molecular flexibility index (Phi) is 6.91. The summed E-state index contributed by atoms with van der Waals surface area (Å²) in [4.78, 5) is 23.8. The van der Waals surface area contributed by atoms with E-state index in [9.17, 15) is 14.7 Å². The van der Waals surface area contributed by atoms with E-state index in [0.717, 1.165) is 5.75 Å². The van der Waals surface area contributed by atoms with Gasteiger partial charge in [0.1, 0.15) is 18.1 Å². The second kappa shape index (κ2) is 9.15. The van der Waals surface area contributed by atoms with E-state index in [0.29, 0.717) is 12.2 Å². The first-order chi connectivity index (χ1) is 12.4. The van der Waals surface area contributed by atoms with Crippen molar-refractivity contribution in [1.82, 2.24) is 10.9 Å². The fraction of sp³-hybridized carbons (Fsp3) is 0.263. The molecule has 0 radical (unpaired) electrons. The maximum absolute atomic E-state index is 11.9. The van der Waals surface area contributed by atoms with Crippen molar-refractivity contribution in [3.05, 3.63) is 60.2 Å². The average Bonchev–Trinajstić information content (AvgIpc) is 2.64. The van der Waals surface area contributed by atoms with Crippen molar-refractivity contribution in [2.45, 2.75) is 18.6 Å². The highest BCUT2D eigenvalue weighted by molar-refractivity contribution is 8.01. The highest BCUT2D eigenvalue weighted by Gasteiger charge is 2.21. The number of thioether (sulfide) groups is 1. The van der Waals surface area contributed by atoms with Crippen LogP contribution in [0.5, 0.6) is 11.5 Å². The summed E-state index contributed by atoms with van der Waals surface area (Å²) in [6.07, 6.45) is 0. The number of carbonyl (C=O) groups is 2. The maximum atomic E-state index is 11.9. The minimum Gasteiger partial charge on any atom is -0.508 e. The van der Waals surface area contributed by atoms with Gasteiger partial charge < -0.3 is 9.84 Å². The van der Waals surface area contributed by atoms with Gasteiger partial charge >= 0.3 is 0 Å². The molecular formula is C19H22N2O4S. The highest BCUT2D eigenvalue weighted by Crippen LogP contribution is 2.25. The van der Waals surface area contributed by atoms with Gasteiger partial charge in [0, 0.05) is 10.3 Å². The third-order valence-electron chi connectivity index (χ3n) is 3.37. The summed E-state index contributed by atoms with van der Waals surface area (Å²) in [5.41, 5.74) is 5.07. The first kappa shape index (κ1) is 19.7. The number of rotatable bonds is 7. The van der Waals surface area contributed by atoms with Gasteiger partial charge in [0.25, 0.3) is 5.91 Å². The molecule has 6 nitrogen and oxygen atoms in total. The Labute approximate surface area is 156 Å². The third kappa shape index (κ3) is 6.68. The van der Waals surface area contributed by atoms with Gasteiger partial charge in [-0.3, -0.25) is 20.4 Å². The predicted octanol–water partition coefficient (Wildman–Crippen LogP) is 2.74. The minimum atomic E-state index is -0.449. The molecule has 2 amide bonds. The first-order valence-corrected chi connectivity index (χ1v) is 9.04. The van der Waals surface area contributed by atoms with Crippen molar-refractivity contribution in [3.63, 3.8) is 0 Å². The topological polar surface area (TPSA) is 87.7 Å². The Bertz CT molecular complexity index is 733. The fourth-order valence-electron chi connectivity index (χ4n) is 1.92. The van der Waals surface area contributed by atoms with Gasteiger partial charge in [-0.15, -0.1) is 11.8 Å². The fourth-order valence-corrected chi connectivity index (χ4v) is 2.66. The summed E-state index contributed by atoms with van der Waals surface area (Å²) in [6, 6.07) is 15.2. The molecule has 0 saturated carbocycles. The molecule has 2 aromatic carbocycles. The Hall–Kier alpha value is -2.67. The van der Waals surface area contributed by atoms with Crippen LogP contribution in [0.3, 0.4) is 0 Å². The molecule has 0 unspecified atom stereocenters. The number of phenols is 1. The first-order valence-electron chi connectivity index (χ1n) is 8.06. The zero-order valence-electron chi connectivity index (χ0n) is 14.7. The van der Waals surface area contributed by atoms with Crippen LogP contribution in [0.1, 0.15) is 24.2 Å². The van der Waals surface area contributed by atoms with E-state index in [1.807, 2.05) is 44.2 Å². The van der Waals surface area contributed by atoms with Crippen LogP contribution in [0.25, 0.3) is 0 Å². The van der Waals surface area contributed by atoms with Crippen molar-refractivity contribution in [3.8, 4) is 11.5 Å². The van der Waals surface area contributed by atoms with Gasteiger partial charge in [-0.1, -0.05) is 18.2 Å². The van der Waals surface area contributed by atoms with E-state index in [2.05, 4.69) is 10.9 Å². The molecule has 2 aromatic rings. The number of amides is 2. The molecule has 0 aliphatic rings. The molecule has 0 atom stereocenters. The molecule has 26 heavy (non-hydrogen) atoms. The molecule has 0 saturated heterocycles. The summed E-state index contributed by atoms with van der Waals surface area (Å²) in [6.45, 7) is 4.43. The number of benzene rings is 2. The molecule has 138 valence electrons. The average molecular weight is 374 g/mol. The number of phenolic OH excluding ortho intramolecular Hbond substituents is 1. The monoisotopic (exact) mass is 374 g/mol. The van der Waals surface area contributed by atoms with Gasteiger partial charge in [-0.05, 0) is 50.2 Å². The van der Waals surface area contributed by atoms with E-state index >= 15 is 0 Å². The van der Waals surface area contributed by atoms with Crippen molar-refractivity contribution in [2.75, 3.05) is 12.4 Å². The normalized spacial score (nSPS) is 10.8. The maximum Gasteiger partial charge on any atom is 0.269 e. The van der Waals surface area contributed by atoms with Crippen LogP contribution in [-0.2, 0) is 4.79 Å². The summed E-state index contributed by atoms with van der Waals surface area (Å²) in [7, 11) is 0. The number of carbonyl (C=O) groups excluding carboxylic acids is 2. The number of ether oxygens (including phenoxy) is 1. The van der Waals surface area contributed by atoms with Gasteiger partial charge in [-0.25, -0.2) is 0 Å². The lowest BCUT2D eigenvalue weighted by molar-refractivity contribution is -0.119. The molecule has 7 heteroatoms. The van der Waals surface area contributed by atoms with Crippen LogP contribution in [0.4, 0.5) is 0 Å². The van der Waals surface area contributed by atoms with Gasteiger partial charge in [0.2, 0.25) is 5.91 Å². The van der Waals surface area contributed by atoms with Crippen LogP contribution in [0.2, 0.25) is 0 Å². The van der Waals surface area contributed by atoms with Crippen LogP contribution in [-0.4, -0.2) is 34.0 Å². The van der Waals surface area contributed by atoms with Crippen LogP contribution < -0.4 is 15.6 Å². The van der Waals surface area contributed by atoms with E-state index in [-0.39, 0.29) is 22.2 Å². The van der Waals surface area contributed by atoms with Gasteiger partial charge in [0.05, 0.1) is 5.75 Å². The number of para-hydroxylation sites is 1. The van der Waals surface area contributed by atoms with E-state index in [4.69, 9.17) is 4.74 Å². The molecular weight excluding hydrogens is 352 g/mol. The van der Waals surface area contributed by atoms with Crippen molar-refractivity contribution < 1.29 is 19.4 Å². The SMILES string of the molecule is CC(C)(COc1ccccc1)SCC(=O)NNC(=O)c1ccc(O)cc1. The van der Waals surface area contributed by atoms with Gasteiger partial charge in [0.15, 0.2) is 0 Å². The zero-order chi connectivity index (χ0) is 19.0. The molecule has 0 aromatic heterocycles. The van der Waals surface area contributed by atoms with E-state index < -0.39 is 5.91 Å². The van der Waals surface area contributed by atoms with Crippen LogP contribution in [0, 0.1) is 0 Å². The summed E-state index contributed by atoms with van der Waals surface area (Å²) in [5.74, 6) is 0.278. The summed E-state index contributed by atoms with van der Waals surface area (Å²) < 4.78 is 5.46. The van der Waals surface area contributed by atoms with E-state index in [1.165, 1.54) is 36.0 Å². The van der Waals surface area contributed by atoms with Crippen molar-refractivity contribution in [2.24, 2.45) is 0 Å². The second-order valence-corrected chi connectivity index (χ2v) is 7.88. The highest BCUT2D eigenvalue weighted by atomic mass is 32.2. The van der Waals surface area contributed by atoms with Gasteiger partial charge in [-0.2, -0.15) is 0 Å². The van der Waals surface area contributed by atoms with Crippen molar-refractivity contribution in [1.29, 1.82) is 0 Å². The quantitative estimate of drug-likeness (QED) is 0.649. The lowest BCUT2D eigenvalue weighted by Gasteiger charge is -2.24. The summed E-state index contributed by atoms with van der Waals surface area (Å²) >= 11 is 1.43. The molecule has 0 bridgehead atoms. The molecule has 0 aliphatic carbocycles. The molecule has 3 N–H and O–H groups in total. The van der Waals surface area contributed by atoms with Crippen LogP contribution >= 0.6 is 11.8 Å².